The van der Waals surface area contributed by atoms with Crippen molar-refractivity contribution in [3.05, 3.63) is 36.0 Å². The predicted molar refractivity (Wildman–Crippen MR) is 80.9 cm³/mol. The maximum Gasteiger partial charge on any atom is 0.242 e. The average molecular weight is 285 g/mol. The number of fused-ring (bicyclic) bond motifs is 1. The Morgan fingerprint density at radius 1 is 1.19 bits per heavy atom. The van der Waals surface area contributed by atoms with Gasteiger partial charge in [0.25, 0.3) is 0 Å². The first-order valence-electron chi connectivity index (χ1n) is 7.21. The number of aryl methyl sites for hydroxylation is 1. The predicted octanol–water partition coefficient (Wildman–Crippen LogP) is 1.25. The van der Waals surface area contributed by atoms with E-state index in [2.05, 4.69) is 16.7 Å². The van der Waals surface area contributed by atoms with Crippen LogP contribution in [0.15, 0.2) is 30.3 Å². The number of nitrogens with zero attached hydrogens (tertiary/aromatic N) is 3. The van der Waals surface area contributed by atoms with Crippen molar-refractivity contribution in [1.82, 2.24) is 14.4 Å². The smallest absolute Gasteiger partial charge is 0.242 e. The molecule has 1 aromatic carbocycles. The van der Waals surface area contributed by atoms with Gasteiger partial charge in [-0.1, -0.05) is 18.2 Å². The van der Waals surface area contributed by atoms with Crippen LogP contribution in [0, 0.1) is 6.92 Å². The second-order valence-electron chi connectivity index (χ2n) is 5.45. The van der Waals surface area contributed by atoms with Gasteiger partial charge in [0, 0.05) is 37.4 Å². The summed E-state index contributed by atoms with van der Waals surface area (Å²) < 4.78 is 2.06. The van der Waals surface area contributed by atoms with Gasteiger partial charge in [-0.2, -0.15) is 0 Å². The van der Waals surface area contributed by atoms with Crippen LogP contribution in [0.25, 0.3) is 10.9 Å². The van der Waals surface area contributed by atoms with Crippen LogP contribution in [-0.4, -0.2) is 52.9 Å². The molecule has 110 valence electrons. The Morgan fingerprint density at radius 3 is 2.62 bits per heavy atom. The van der Waals surface area contributed by atoms with Crippen LogP contribution >= 0.6 is 0 Å². The van der Waals surface area contributed by atoms with Crippen LogP contribution in [0.5, 0.6) is 0 Å². The van der Waals surface area contributed by atoms with Gasteiger partial charge in [-0.15, -0.1) is 0 Å². The van der Waals surface area contributed by atoms with Crippen LogP contribution in [0.1, 0.15) is 5.69 Å². The van der Waals surface area contributed by atoms with E-state index >= 15 is 0 Å². The molecule has 1 aliphatic rings. The van der Waals surface area contributed by atoms with Gasteiger partial charge in [0.1, 0.15) is 6.54 Å². The molecule has 0 saturated carbocycles. The van der Waals surface area contributed by atoms with Crippen molar-refractivity contribution >= 4 is 23.2 Å². The van der Waals surface area contributed by atoms with E-state index in [-0.39, 0.29) is 5.91 Å². The minimum absolute atomic E-state index is 0.116. The molecule has 21 heavy (non-hydrogen) atoms. The molecule has 5 nitrogen and oxygen atoms in total. The number of aromatic nitrogens is 1. The summed E-state index contributed by atoms with van der Waals surface area (Å²) in [7, 11) is 0. The lowest BCUT2D eigenvalue weighted by Gasteiger charge is -2.32. The monoisotopic (exact) mass is 285 g/mol. The van der Waals surface area contributed by atoms with Crippen LogP contribution < -0.4 is 0 Å². The Labute approximate surface area is 123 Å². The summed E-state index contributed by atoms with van der Waals surface area (Å²) in [6, 6.07) is 10.2. The Kier molecular flexibility index (Phi) is 3.64. The summed E-state index contributed by atoms with van der Waals surface area (Å²) in [5.41, 5.74) is 2.19. The van der Waals surface area contributed by atoms with Crippen molar-refractivity contribution in [3.63, 3.8) is 0 Å². The summed E-state index contributed by atoms with van der Waals surface area (Å²) in [5.74, 6) is 0.116. The quantitative estimate of drug-likeness (QED) is 0.797. The number of carbonyl (C=O) groups is 2. The van der Waals surface area contributed by atoms with Gasteiger partial charge in [0.05, 0.1) is 0 Å². The minimum Gasteiger partial charge on any atom is -0.342 e. The molecule has 1 aromatic heterocycles. The molecule has 0 atom stereocenters. The third-order valence-electron chi connectivity index (χ3n) is 4.13. The number of rotatable bonds is 3. The van der Waals surface area contributed by atoms with Crippen LogP contribution in [0.2, 0.25) is 0 Å². The molecule has 5 heteroatoms. The first-order chi connectivity index (χ1) is 10.2. The highest BCUT2D eigenvalue weighted by Crippen LogP contribution is 2.19. The van der Waals surface area contributed by atoms with Gasteiger partial charge >= 0.3 is 0 Å². The zero-order valence-electron chi connectivity index (χ0n) is 12.2. The summed E-state index contributed by atoms with van der Waals surface area (Å²) in [6.07, 6.45) is 0.853. The third kappa shape index (κ3) is 2.63. The molecule has 2 aromatic rings. The second kappa shape index (κ2) is 5.60. The lowest BCUT2D eigenvalue weighted by atomic mass is 10.2. The van der Waals surface area contributed by atoms with E-state index in [9.17, 15) is 9.59 Å². The van der Waals surface area contributed by atoms with Crippen LogP contribution in [-0.2, 0) is 16.1 Å². The zero-order chi connectivity index (χ0) is 14.8. The largest absolute Gasteiger partial charge is 0.342 e. The van der Waals surface area contributed by atoms with E-state index in [0.717, 1.165) is 23.0 Å². The molecule has 0 N–H and O–H groups in total. The van der Waals surface area contributed by atoms with Crippen molar-refractivity contribution in [2.75, 3.05) is 26.2 Å². The number of amides is 2. The Balaban J connectivity index is 1.75. The van der Waals surface area contributed by atoms with Gasteiger partial charge in [-0.3, -0.25) is 9.59 Å². The van der Waals surface area contributed by atoms with Crippen molar-refractivity contribution in [1.29, 1.82) is 0 Å². The van der Waals surface area contributed by atoms with Crippen LogP contribution in [0.3, 0.4) is 0 Å². The van der Waals surface area contributed by atoms with Gasteiger partial charge in [0.15, 0.2) is 0 Å². The van der Waals surface area contributed by atoms with Gasteiger partial charge in [-0.05, 0) is 24.4 Å². The highest BCUT2D eigenvalue weighted by atomic mass is 16.2. The number of hydrogen-bond acceptors (Lipinski definition) is 2. The molecule has 3 rings (SSSR count). The number of hydrogen-bond donors (Lipinski definition) is 0. The number of piperazine rings is 1. The lowest BCUT2D eigenvalue weighted by Crippen LogP contribution is -2.49. The lowest BCUT2D eigenvalue weighted by molar-refractivity contribution is -0.135. The maximum atomic E-state index is 12.5. The highest BCUT2D eigenvalue weighted by Gasteiger charge is 2.21. The van der Waals surface area contributed by atoms with Gasteiger partial charge < -0.3 is 14.4 Å². The van der Waals surface area contributed by atoms with Crippen molar-refractivity contribution in [2.24, 2.45) is 0 Å². The standard InChI is InChI=1S/C16H19N3O2/c1-13-10-14-4-2-3-5-15(14)19(13)11-16(21)18-8-6-17(12-20)7-9-18/h2-5,10,12H,6-9,11H2,1H3. The van der Waals surface area contributed by atoms with E-state index in [1.807, 2.05) is 30.0 Å². The SMILES string of the molecule is Cc1cc2ccccc2n1CC(=O)N1CCN(C=O)CC1. The molecule has 0 unspecified atom stereocenters. The first-order valence-corrected chi connectivity index (χ1v) is 7.21. The third-order valence-corrected chi connectivity index (χ3v) is 4.13. The molecule has 2 heterocycles. The fourth-order valence-electron chi connectivity index (χ4n) is 2.87. The summed E-state index contributed by atoms with van der Waals surface area (Å²) >= 11 is 0. The minimum atomic E-state index is 0.116. The average Bonchev–Trinajstić information content (AvgIpc) is 2.83. The van der Waals surface area contributed by atoms with Crippen LogP contribution in [0.4, 0.5) is 0 Å². The second-order valence-corrected chi connectivity index (χ2v) is 5.45. The van der Waals surface area contributed by atoms with Crippen molar-refractivity contribution in [2.45, 2.75) is 13.5 Å². The molecular weight excluding hydrogens is 266 g/mol. The van der Waals surface area contributed by atoms with E-state index < -0.39 is 0 Å². The number of benzene rings is 1. The Hall–Kier alpha value is -2.30. The summed E-state index contributed by atoms with van der Waals surface area (Å²) in [4.78, 5) is 26.7. The fourth-order valence-corrected chi connectivity index (χ4v) is 2.87. The Morgan fingerprint density at radius 2 is 1.90 bits per heavy atom. The molecule has 0 radical (unpaired) electrons. The van der Waals surface area contributed by atoms with Gasteiger partial charge in [0.2, 0.25) is 12.3 Å². The first kappa shape index (κ1) is 13.7. The van der Waals surface area contributed by atoms with Crippen molar-refractivity contribution in [3.8, 4) is 0 Å². The fraction of sp³-hybridized carbons (Fsp3) is 0.375. The summed E-state index contributed by atoms with van der Waals surface area (Å²) in [6.45, 7) is 4.88. The molecule has 0 bridgehead atoms. The Bertz CT molecular complexity index is 669. The molecule has 1 saturated heterocycles. The van der Waals surface area contributed by atoms with E-state index in [1.165, 1.54) is 0 Å². The maximum absolute atomic E-state index is 12.5. The van der Waals surface area contributed by atoms with E-state index in [4.69, 9.17) is 0 Å². The highest BCUT2D eigenvalue weighted by molar-refractivity contribution is 5.84. The normalized spacial score (nSPS) is 15.5. The zero-order valence-corrected chi connectivity index (χ0v) is 12.2. The summed E-state index contributed by atoms with van der Waals surface area (Å²) in [5, 5.41) is 1.16. The van der Waals surface area contributed by atoms with Gasteiger partial charge in [-0.25, -0.2) is 0 Å². The molecule has 0 spiro atoms. The molecule has 1 aliphatic heterocycles. The number of carbonyl (C=O) groups excluding carboxylic acids is 2. The molecule has 2 amide bonds. The molecular formula is C16H19N3O2. The van der Waals surface area contributed by atoms with E-state index in [1.54, 1.807) is 4.90 Å². The molecule has 0 aliphatic carbocycles. The molecule has 1 fully saturated rings. The topological polar surface area (TPSA) is 45.6 Å². The van der Waals surface area contributed by atoms with E-state index in [0.29, 0.717) is 32.7 Å². The number of para-hydroxylation sites is 1. The van der Waals surface area contributed by atoms with Crippen molar-refractivity contribution < 1.29 is 9.59 Å².